The van der Waals surface area contributed by atoms with Gasteiger partial charge in [-0.2, -0.15) is 0 Å². The fourth-order valence-corrected chi connectivity index (χ4v) is 4.16. The van der Waals surface area contributed by atoms with Crippen LogP contribution in [0.2, 0.25) is 10.0 Å². The van der Waals surface area contributed by atoms with E-state index < -0.39 is 21.5 Å². The number of rotatable bonds is 8. The van der Waals surface area contributed by atoms with Gasteiger partial charge in [-0.1, -0.05) is 59.6 Å². The lowest BCUT2D eigenvalue weighted by Gasteiger charge is -2.17. The van der Waals surface area contributed by atoms with Crippen LogP contribution >= 0.6 is 23.2 Å². The third kappa shape index (κ3) is 6.63. The molecule has 0 aromatic heterocycles. The maximum Gasteiger partial charge on any atom is 0.237 e. The highest BCUT2D eigenvalue weighted by atomic mass is 35.5. The number of hydrogen-bond acceptors (Lipinski definition) is 3. The van der Waals surface area contributed by atoms with Crippen LogP contribution in [0.4, 0.5) is 0 Å². The number of halogens is 2. The third-order valence-electron chi connectivity index (χ3n) is 3.94. The number of sulfone groups is 1. The number of amides is 1. The van der Waals surface area contributed by atoms with E-state index in [0.717, 1.165) is 11.1 Å². The van der Waals surface area contributed by atoms with Crippen molar-refractivity contribution < 1.29 is 13.2 Å². The summed E-state index contributed by atoms with van der Waals surface area (Å²) in [5.74, 6) is -0.927. The van der Waals surface area contributed by atoms with Crippen LogP contribution in [0.3, 0.4) is 0 Å². The molecule has 0 fully saturated rings. The first-order valence-corrected chi connectivity index (χ1v) is 10.8. The average molecular weight is 414 g/mol. The van der Waals surface area contributed by atoms with Gasteiger partial charge in [0.2, 0.25) is 5.91 Å². The number of nitrogens with zero attached hydrogens (tertiary/aromatic N) is 1. The topological polar surface area (TPSA) is 54.5 Å². The van der Waals surface area contributed by atoms with E-state index in [2.05, 4.69) is 0 Å². The van der Waals surface area contributed by atoms with Gasteiger partial charge in [-0.3, -0.25) is 4.79 Å². The second-order valence-electron chi connectivity index (χ2n) is 6.18. The van der Waals surface area contributed by atoms with Crippen LogP contribution in [0.15, 0.2) is 48.5 Å². The highest BCUT2D eigenvalue weighted by Gasteiger charge is 2.19. The normalized spacial score (nSPS) is 11.3. The van der Waals surface area contributed by atoms with Gasteiger partial charge in [-0.15, -0.1) is 0 Å². The molecule has 2 rings (SSSR count). The highest BCUT2D eigenvalue weighted by Crippen LogP contribution is 2.23. The van der Waals surface area contributed by atoms with E-state index in [-0.39, 0.29) is 12.3 Å². The summed E-state index contributed by atoms with van der Waals surface area (Å²) in [6.07, 6.45) is 1.17. The van der Waals surface area contributed by atoms with Gasteiger partial charge in [0.05, 0.1) is 15.8 Å². The molecule has 0 bridgehead atoms. The van der Waals surface area contributed by atoms with Crippen molar-refractivity contribution in [1.82, 2.24) is 4.90 Å². The lowest BCUT2D eigenvalue weighted by molar-refractivity contribution is -0.127. The van der Waals surface area contributed by atoms with Crippen LogP contribution in [-0.4, -0.2) is 37.8 Å². The van der Waals surface area contributed by atoms with Crippen molar-refractivity contribution in [2.24, 2.45) is 0 Å². The molecular weight excluding hydrogens is 393 g/mol. The van der Waals surface area contributed by atoms with Gasteiger partial charge < -0.3 is 4.90 Å². The largest absolute Gasteiger partial charge is 0.341 e. The van der Waals surface area contributed by atoms with Crippen LogP contribution in [0.5, 0.6) is 0 Å². The Morgan fingerprint density at radius 3 is 2.35 bits per heavy atom. The minimum atomic E-state index is -3.44. The molecule has 0 unspecified atom stereocenters. The molecule has 0 radical (unpaired) electrons. The Labute approximate surface area is 164 Å². The summed E-state index contributed by atoms with van der Waals surface area (Å²) < 4.78 is 24.4. The molecular formula is C19H21Cl2NO3S. The summed E-state index contributed by atoms with van der Waals surface area (Å²) in [4.78, 5) is 13.6. The summed E-state index contributed by atoms with van der Waals surface area (Å²) in [6.45, 7) is 0.273. The number of hydrogen-bond donors (Lipinski definition) is 0. The van der Waals surface area contributed by atoms with Crippen molar-refractivity contribution in [2.75, 3.05) is 18.6 Å². The van der Waals surface area contributed by atoms with E-state index in [9.17, 15) is 13.2 Å². The summed E-state index contributed by atoms with van der Waals surface area (Å²) in [7, 11) is -1.87. The van der Waals surface area contributed by atoms with Gasteiger partial charge in [-0.05, 0) is 36.1 Å². The van der Waals surface area contributed by atoms with Crippen LogP contribution in [0, 0.1) is 0 Å². The third-order valence-corrected chi connectivity index (χ3v) is 6.27. The fourth-order valence-electron chi connectivity index (χ4n) is 2.51. The summed E-state index contributed by atoms with van der Waals surface area (Å²) >= 11 is 11.8. The first-order valence-electron chi connectivity index (χ1n) is 8.19. The minimum Gasteiger partial charge on any atom is -0.341 e. The molecule has 26 heavy (non-hydrogen) atoms. The zero-order valence-corrected chi connectivity index (χ0v) is 16.8. The van der Waals surface area contributed by atoms with Crippen molar-refractivity contribution in [2.45, 2.75) is 19.4 Å². The minimum absolute atomic E-state index is 0.00571. The number of carbonyl (C=O) groups excluding carboxylic acids is 1. The summed E-state index contributed by atoms with van der Waals surface area (Å²) in [5, 5.41) is 0.837. The van der Waals surface area contributed by atoms with Crippen molar-refractivity contribution in [3.05, 3.63) is 69.7 Å². The summed E-state index contributed by atoms with van der Waals surface area (Å²) in [6, 6.07) is 14.8. The maximum atomic E-state index is 12.2. The van der Waals surface area contributed by atoms with E-state index in [1.807, 2.05) is 30.3 Å². The number of carbonyl (C=O) groups is 1. The van der Waals surface area contributed by atoms with Crippen molar-refractivity contribution in [3.8, 4) is 0 Å². The van der Waals surface area contributed by atoms with Crippen molar-refractivity contribution in [3.63, 3.8) is 0 Å². The second kappa shape index (κ2) is 9.40. The van der Waals surface area contributed by atoms with E-state index >= 15 is 0 Å². The molecule has 0 spiro atoms. The quantitative estimate of drug-likeness (QED) is 0.656. The molecule has 0 aliphatic carbocycles. The van der Waals surface area contributed by atoms with E-state index in [1.165, 1.54) is 4.90 Å². The van der Waals surface area contributed by atoms with Crippen LogP contribution in [0.25, 0.3) is 0 Å². The molecule has 140 valence electrons. The maximum absolute atomic E-state index is 12.2. The molecule has 0 heterocycles. The Balaban J connectivity index is 1.85. The van der Waals surface area contributed by atoms with Crippen molar-refractivity contribution in [1.29, 1.82) is 0 Å². The number of aryl methyl sites for hydroxylation is 1. The fraction of sp³-hybridized carbons (Fsp3) is 0.316. The average Bonchev–Trinajstić information content (AvgIpc) is 2.58. The SMILES string of the molecule is CN(Cc1ccc(Cl)c(Cl)c1)C(=O)CS(=O)(=O)CCCc1ccccc1. The monoisotopic (exact) mass is 413 g/mol. The molecule has 0 saturated carbocycles. The van der Waals surface area contributed by atoms with E-state index in [4.69, 9.17) is 23.2 Å². The van der Waals surface area contributed by atoms with E-state index in [1.54, 1.807) is 25.2 Å². The lowest BCUT2D eigenvalue weighted by atomic mass is 10.1. The summed E-state index contributed by atoms with van der Waals surface area (Å²) in [5.41, 5.74) is 1.88. The van der Waals surface area contributed by atoms with E-state index in [0.29, 0.717) is 22.9 Å². The van der Waals surface area contributed by atoms with Gasteiger partial charge in [0.1, 0.15) is 5.75 Å². The molecule has 0 aliphatic heterocycles. The Kier molecular flexibility index (Phi) is 7.50. The standard InChI is InChI=1S/C19H21Cl2NO3S/c1-22(13-16-9-10-17(20)18(21)12-16)19(23)14-26(24,25)11-5-8-15-6-3-2-4-7-15/h2-4,6-7,9-10,12H,5,8,11,13-14H2,1H3. The predicted molar refractivity (Wildman–Crippen MR) is 106 cm³/mol. The molecule has 2 aromatic carbocycles. The van der Waals surface area contributed by atoms with Gasteiger partial charge >= 0.3 is 0 Å². The highest BCUT2D eigenvalue weighted by molar-refractivity contribution is 7.92. The molecule has 2 aromatic rings. The zero-order valence-electron chi connectivity index (χ0n) is 14.5. The van der Waals surface area contributed by atoms with Gasteiger partial charge in [0.25, 0.3) is 0 Å². The number of benzene rings is 2. The second-order valence-corrected chi connectivity index (χ2v) is 9.18. The Morgan fingerprint density at radius 1 is 1.00 bits per heavy atom. The Morgan fingerprint density at radius 2 is 1.69 bits per heavy atom. The first-order chi connectivity index (χ1) is 12.3. The molecule has 4 nitrogen and oxygen atoms in total. The molecule has 0 saturated heterocycles. The van der Waals surface area contributed by atoms with Crippen LogP contribution in [-0.2, 0) is 27.6 Å². The molecule has 0 N–H and O–H groups in total. The van der Waals surface area contributed by atoms with Gasteiger partial charge in [0, 0.05) is 13.6 Å². The predicted octanol–water partition coefficient (Wildman–Crippen LogP) is 4.00. The van der Waals surface area contributed by atoms with Crippen LogP contribution in [0.1, 0.15) is 17.5 Å². The van der Waals surface area contributed by atoms with Gasteiger partial charge in [0.15, 0.2) is 9.84 Å². The Bertz CT molecular complexity index is 854. The molecule has 1 amide bonds. The molecule has 0 aliphatic rings. The lowest BCUT2D eigenvalue weighted by Crippen LogP contribution is -2.33. The molecule has 7 heteroatoms. The van der Waals surface area contributed by atoms with Crippen molar-refractivity contribution >= 4 is 38.9 Å². The molecule has 0 atom stereocenters. The Hall–Kier alpha value is -1.56. The van der Waals surface area contributed by atoms with Gasteiger partial charge in [-0.25, -0.2) is 8.42 Å². The smallest absolute Gasteiger partial charge is 0.237 e. The first kappa shape index (κ1) is 20.7. The zero-order chi connectivity index (χ0) is 19.2. The van der Waals surface area contributed by atoms with Crippen LogP contribution < -0.4 is 0 Å².